The second-order valence-electron chi connectivity index (χ2n) is 6.64. The van der Waals surface area contributed by atoms with Gasteiger partial charge in [-0.15, -0.1) is 0 Å². The number of rotatable bonds is 6. The highest BCUT2D eigenvalue weighted by atomic mass is 32.1. The van der Waals surface area contributed by atoms with Gasteiger partial charge in [-0.3, -0.25) is 4.90 Å². The molecule has 4 rings (SSSR count). The fourth-order valence-electron chi connectivity index (χ4n) is 3.44. The molecule has 0 radical (unpaired) electrons. The predicted octanol–water partition coefficient (Wildman–Crippen LogP) is 3.76. The molecule has 0 aliphatic carbocycles. The van der Waals surface area contributed by atoms with Crippen molar-refractivity contribution in [1.29, 1.82) is 5.26 Å². The Hall–Kier alpha value is -2.62. The first-order valence-corrected chi connectivity index (χ1v) is 10.1. The Bertz CT molecular complexity index is 941. The number of ether oxygens (including phenoxy) is 1. The molecule has 0 unspecified atom stereocenters. The first-order valence-electron chi connectivity index (χ1n) is 9.29. The second kappa shape index (κ2) is 8.38. The Morgan fingerprint density at radius 2 is 1.81 bits per heavy atom. The zero-order valence-electron chi connectivity index (χ0n) is 15.2. The largest absolute Gasteiger partial charge is 0.492 e. The van der Waals surface area contributed by atoms with Crippen molar-refractivity contribution in [3.8, 4) is 11.8 Å². The summed E-state index contributed by atoms with van der Waals surface area (Å²) >= 11 is 1.58. The molecule has 0 bridgehead atoms. The SMILES string of the molecule is N#Cc1ccccc1OCCCN1CCN(c2nsc3ccccc23)CC1. The highest BCUT2D eigenvalue weighted by Gasteiger charge is 2.20. The van der Waals surface area contributed by atoms with Gasteiger partial charge in [-0.05, 0) is 42.2 Å². The van der Waals surface area contributed by atoms with Crippen molar-refractivity contribution in [3.63, 3.8) is 0 Å². The number of hydrogen-bond donors (Lipinski definition) is 0. The van der Waals surface area contributed by atoms with Crippen molar-refractivity contribution in [3.05, 3.63) is 54.1 Å². The zero-order chi connectivity index (χ0) is 18.5. The van der Waals surface area contributed by atoms with Crippen molar-refractivity contribution in [2.24, 2.45) is 0 Å². The lowest BCUT2D eigenvalue weighted by atomic mass is 10.2. The summed E-state index contributed by atoms with van der Waals surface area (Å²) < 4.78 is 11.7. The number of nitriles is 1. The van der Waals surface area contributed by atoms with Crippen LogP contribution in [0, 0.1) is 11.3 Å². The number of benzene rings is 2. The minimum Gasteiger partial charge on any atom is -0.492 e. The number of para-hydroxylation sites is 1. The van der Waals surface area contributed by atoms with Gasteiger partial charge in [-0.25, -0.2) is 0 Å². The maximum Gasteiger partial charge on any atom is 0.150 e. The van der Waals surface area contributed by atoms with Gasteiger partial charge in [0.15, 0.2) is 0 Å². The highest BCUT2D eigenvalue weighted by Crippen LogP contribution is 2.29. The quantitative estimate of drug-likeness (QED) is 0.611. The number of fused-ring (bicyclic) bond motifs is 1. The Morgan fingerprint density at radius 3 is 2.67 bits per heavy atom. The third-order valence-corrected chi connectivity index (χ3v) is 5.73. The van der Waals surface area contributed by atoms with Crippen LogP contribution in [0.15, 0.2) is 48.5 Å². The lowest BCUT2D eigenvalue weighted by molar-refractivity contribution is 0.224. The minimum atomic E-state index is 0.599. The summed E-state index contributed by atoms with van der Waals surface area (Å²) in [7, 11) is 0. The van der Waals surface area contributed by atoms with Crippen LogP contribution in [-0.4, -0.2) is 48.6 Å². The molecule has 0 N–H and O–H groups in total. The van der Waals surface area contributed by atoms with Crippen LogP contribution in [0.5, 0.6) is 5.75 Å². The molecule has 0 spiro atoms. The van der Waals surface area contributed by atoms with Gasteiger partial charge in [0.05, 0.1) is 16.9 Å². The molecule has 0 atom stereocenters. The molecule has 3 aromatic rings. The summed E-state index contributed by atoms with van der Waals surface area (Å²) in [5.74, 6) is 1.81. The molecule has 1 fully saturated rings. The molecule has 138 valence electrons. The van der Waals surface area contributed by atoms with Gasteiger partial charge in [0.2, 0.25) is 0 Å². The summed E-state index contributed by atoms with van der Waals surface area (Å²) in [6.45, 7) is 5.75. The number of hydrogen-bond acceptors (Lipinski definition) is 6. The van der Waals surface area contributed by atoms with E-state index in [-0.39, 0.29) is 0 Å². The van der Waals surface area contributed by atoms with Crippen molar-refractivity contribution in [2.45, 2.75) is 6.42 Å². The van der Waals surface area contributed by atoms with Crippen LogP contribution < -0.4 is 9.64 Å². The maximum absolute atomic E-state index is 9.10. The molecule has 0 amide bonds. The molecule has 0 saturated carbocycles. The molecular weight excluding hydrogens is 356 g/mol. The fourth-order valence-corrected chi connectivity index (χ4v) is 4.23. The standard InChI is InChI=1S/C21H22N4OS/c22-16-17-6-1-3-8-19(17)26-15-5-10-24-11-13-25(14-12-24)21-18-7-2-4-9-20(18)27-23-21/h1-4,6-9H,5,10-15H2. The molecule has 2 aromatic carbocycles. The number of aromatic nitrogens is 1. The lowest BCUT2D eigenvalue weighted by Gasteiger charge is -2.35. The average Bonchev–Trinajstić information content (AvgIpc) is 3.16. The van der Waals surface area contributed by atoms with E-state index in [1.807, 2.05) is 18.2 Å². The maximum atomic E-state index is 9.10. The van der Waals surface area contributed by atoms with Gasteiger partial charge >= 0.3 is 0 Å². The summed E-state index contributed by atoms with van der Waals surface area (Å²) in [4.78, 5) is 4.87. The number of piperazine rings is 1. The normalized spacial score (nSPS) is 15.0. The third kappa shape index (κ3) is 4.05. The average molecular weight is 379 g/mol. The molecule has 1 aliphatic heterocycles. The third-order valence-electron chi connectivity index (χ3n) is 4.91. The van der Waals surface area contributed by atoms with Crippen molar-refractivity contribution >= 4 is 27.4 Å². The minimum absolute atomic E-state index is 0.599. The summed E-state index contributed by atoms with van der Waals surface area (Å²) in [6.07, 6.45) is 0.958. The predicted molar refractivity (Wildman–Crippen MR) is 110 cm³/mol. The van der Waals surface area contributed by atoms with E-state index in [0.717, 1.165) is 45.0 Å². The van der Waals surface area contributed by atoms with E-state index in [4.69, 9.17) is 10.00 Å². The molecule has 1 saturated heterocycles. The van der Waals surface area contributed by atoms with Gasteiger partial charge < -0.3 is 9.64 Å². The molecular formula is C21H22N4OS. The first-order chi connectivity index (χ1) is 13.3. The van der Waals surface area contributed by atoms with Crippen LogP contribution in [0.3, 0.4) is 0 Å². The molecule has 1 aromatic heterocycles. The van der Waals surface area contributed by atoms with Crippen LogP contribution in [0.4, 0.5) is 5.82 Å². The molecule has 6 heteroatoms. The second-order valence-corrected chi connectivity index (χ2v) is 7.45. The molecule has 5 nitrogen and oxygen atoms in total. The Kier molecular flexibility index (Phi) is 5.52. The summed E-state index contributed by atoms with van der Waals surface area (Å²) in [5.41, 5.74) is 0.599. The Labute approximate surface area is 163 Å². The summed E-state index contributed by atoms with van der Waals surface area (Å²) in [6, 6.07) is 18.0. The van der Waals surface area contributed by atoms with Gasteiger partial charge in [-0.1, -0.05) is 24.3 Å². The van der Waals surface area contributed by atoms with Crippen molar-refractivity contribution < 1.29 is 4.74 Å². The van der Waals surface area contributed by atoms with E-state index in [0.29, 0.717) is 17.9 Å². The Morgan fingerprint density at radius 1 is 1.04 bits per heavy atom. The Balaban J connectivity index is 1.24. The van der Waals surface area contributed by atoms with Crippen molar-refractivity contribution in [2.75, 3.05) is 44.2 Å². The van der Waals surface area contributed by atoms with Crippen LogP contribution >= 0.6 is 11.5 Å². The molecule has 27 heavy (non-hydrogen) atoms. The van der Waals surface area contributed by atoms with Crippen LogP contribution in [0.2, 0.25) is 0 Å². The lowest BCUT2D eigenvalue weighted by Crippen LogP contribution is -2.47. The highest BCUT2D eigenvalue weighted by molar-refractivity contribution is 7.13. The fraction of sp³-hybridized carbons (Fsp3) is 0.333. The monoisotopic (exact) mass is 378 g/mol. The van der Waals surface area contributed by atoms with Gasteiger partial charge in [0.25, 0.3) is 0 Å². The molecule has 1 aliphatic rings. The number of nitrogens with zero attached hydrogens (tertiary/aromatic N) is 4. The number of anilines is 1. The van der Waals surface area contributed by atoms with Crippen LogP contribution in [-0.2, 0) is 0 Å². The van der Waals surface area contributed by atoms with E-state index >= 15 is 0 Å². The van der Waals surface area contributed by atoms with E-state index in [1.165, 1.54) is 10.1 Å². The van der Waals surface area contributed by atoms with Crippen LogP contribution in [0.25, 0.3) is 10.1 Å². The van der Waals surface area contributed by atoms with E-state index in [9.17, 15) is 0 Å². The topological polar surface area (TPSA) is 52.4 Å². The van der Waals surface area contributed by atoms with E-state index < -0.39 is 0 Å². The van der Waals surface area contributed by atoms with E-state index in [1.54, 1.807) is 17.6 Å². The zero-order valence-corrected chi connectivity index (χ0v) is 16.0. The van der Waals surface area contributed by atoms with Crippen molar-refractivity contribution in [1.82, 2.24) is 9.27 Å². The molecule has 2 heterocycles. The van der Waals surface area contributed by atoms with Gasteiger partial charge in [-0.2, -0.15) is 9.64 Å². The van der Waals surface area contributed by atoms with Crippen LogP contribution in [0.1, 0.15) is 12.0 Å². The smallest absolute Gasteiger partial charge is 0.150 e. The van der Waals surface area contributed by atoms with E-state index in [2.05, 4.69) is 44.5 Å². The summed E-state index contributed by atoms with van der Waals surface area (Å²) in [5, 5.41) is 10.4. The van der Waals surface area contributed by atoms with Gasteiger partial charge in [0, 0.05) is 38.1 Å². The first kappa shape index (κ1) is 17.8. The van der Waals surface area contributed by atoms with Gasteiger partial charge in [0.1, 0.15) is 17.6 Å².